The third-order valence-corrected chi connectivity index (χ3v) is 3.34. The molecule has 3 rings (SSSR count). The van der Waals surface area contributed by atoms with Gasteiger partial charge in [-0.1, -0.05) is 0 Å². The number of rotatable bonds is 0. The molecule has 2 heterocycles. The van der Waals surface area contributed by atoms with Crippen molar-refractivity contribution in [1.82, 2.24) is 10.6 Å². The van der Waals surface area contributed by atoms with Crippen molar-refractivity contribution in [1.29, 1.82) is 0 Å². The lowest BCUT2D eigenvalue weighted by Crippen LogP contribution is -2.63. The van der Waals surface area contributed by atoms with Crippen LogP contribution < -0.4 is 10.6 Å². The summed E-state index contributed by atoms with van der Waals surface area (Å²) in [5.74, 6) is 1.97. The Morgan fingerprint density at radius 1 is 1.11 bits per heavy atom. The highest BCUT2D eigenvalue weighted by Crippen LogP contribution is 2.54. The lowest BCUT2D eigenvalue weighted by atomic mass is 9.84. The van der Waals surface area contributed by atoms with Crippen LogP contribution in [0.4, 0.5) is 0 Å². The zero-order valence-electron chi connectivity index (χ0n) is 5.48. The van der Waals surface area contributed by atoms with E-state index in [1.807, 2.05) is 0 Å². The molecule has 3 aliphatic rings. The van der Waals surface area contributed by atoms with Gasteiger partial charge in [0.1, 0.15) is 0 Å². The largest absolute Gasteiger partial charge is 0.316 e. The van der Waals surface area contributed by atoms with Gasteiger partial charge in [0.25, 0.3) is 0 Å². The summed E-state index contributed by atoms with van der Waals surface area (Å²) in [7, 11) is 0. The fourth-order valence-corrected chi connectivity index (χ4v) is 2.51. The van der Waals surface area contributed by atoms with Crippen LogP contribution in [0.2, 0.25) is 0 Å². The Morgan fingerprint density at radius 3 is 2.56 bits per heavy atom. The van der Waals surface area contributed by atoms with Crippen LogP contribution in [0.1, 0.15) is 6.42 Å². The second kappa shape index (κ2) is 1.18. The molecule has 1 saturated carbocycles. The van der Waals surface area contributed by atoms with Crippen molar-refractivity contribution in [2.45, 2.75) is 12.0 Å². The third kappa shape index (κ3) is 0.383. The molecule has 1 spiro atoms. The van der Waals surface area contributed by atoms with E-state index in [1.165, 1.54) is 26.1 Å². The molecular weight excluding hydrogens is 112 g/mol. The van der Waals surface area contributed by atoms with Gasteiger partial charge in [-0.25, -0.2) is 0 Å². The van der Waals surface area contributed by atoms with Gasteiger partial charge < -0.3 is 10.6 Å². The zero-order valence-corrected chi connectivity index (χ0v) is 5.48. The van der Waals surface area contributed by atoms with Gasteiger partial charge in [0, 0.05) is 24.5 Å². The fraction of sp³-hybridized carbons (Fsp3) is 1.00. The molecule has 2 heteroatoms. The van der Waals surface area contributed by atoms with Crippen LogP contribution in [0.5, 0.6) is 0 Å². The SMILES string of the molecule is C1NCC2CC23NCC13. The first-order chi connectivity index (χ1) is 4.42. The molecule has 2 aliphatic heterocycles. The number of hydrogen-bond acceptors (Lipinski definition) is 2. The van der Waals surface area contributed by atoms with Crippen LogP contribution in [-0.4, -0.2) is 25.2 Å². The maximum absolute atomic E-state index is 3.56. The van der Waals surface area contributed by atoms with Gasteiger partial charge in [-0.2, -0.15) is 0 Å². The highest BCUT2D eigenvalue weighted by atomic mass is 15.2. The highest BCUT2D eigenvalue weighted by Gasteiger charge is 2.64. The number of nitrogens with one attached hydrogen (secondary N) is 2. The van der Waals surface area contributed by atoms with Gasteiger partial charge in [-0.15, -0.1) is 0 Å². The Bertz CT molecular complexity index is 157. The molecule has 0 bridgehead atoms. The zero-order chi connectivity index (χ0) is 5.90. The Hall–Kier alpha value is -0.0800. The third-order valence-electron chi connectivity index (χ3n) is 3.34. The quantitative estimate of drug-likeness (QED) is 0.458. The highest BCUT2D eigenvalue weighted by molar-refractivity contribution is 5.23. The fourth-order valence-electron chi connectivity index (χ4n) is 2.51. The van der Waals surface area contributed by atoms with Crippen molar-refractivity contribution in [2.75, 3.05) is 19.6 Å². The molecule has 3 fully saturated rings. The first-order valence-corrected chi connectivity index (χ1v) is 3.87. The molecule has 0 aromatic heterocycles. The van der Waals surface area contributed by atoms with Crippen molar-refractivity contribution in [2.24, 2.45) is 11.8 Å². The van der Waals surface area contributed by atoms with Crippen molar-refractivity contribution in [3.63, 3.8) is 0 Å². The van der Waals surface area contributed by atoms with Gasteiger partial charge in [-0.05, 0) is 18.9 Å². The average Bonchev–Trinajstić information content (AvgIpc) is 2.52. The molecule has 0 radical (unpaired) electrons. The minimum atomic E-state index is 0.672. The van der Waals surface area contributed by atoms with E-state index < -0.39 is 0 Å². The molecule has 3 atom stereocenters. The van der Waals surface area contributed by atoms with E-state index in [0.29, 0.717) is 5.54 Å². The Labute approximate surface area is 55.0 Å². The Morgan fingerprint density at radius 2 is 2.00 bits per heavy atom. The molecule has 1 aliphatic carbocycles. The molecule has 2 saturated heterocycles. The summed E-state index contributed by atoms with van der Waals surface area (Å²) < 4.78 is 0. The van der Waals surface area contributed by atoms with E-state index in [9.17, 15) is 0 Å². The standard InChI is InChI=1S/C7H12N2/c1-5-2-8-3-6-4-9-7(1,5)6/h5-6,8-9H,1-4H2. The minimum Gasteiger partial charge on any atom is -0.316 e. The maximum atomic E-state index is 3.56. The normalized spacial score (nSPS) is 61.3. The van der Waals surface area contributed by atoms with Crippen LogP contribution in [-0.2, 0) is 0 Å². The smallest absolute Gasteiger partial charge is 0.0278 e. The molecule has 0 amide bonds. The Kier molecular flexibility index (Phi) is 0.616. The van der Waals surface area contributed by atoms with Crippen LogP contribution >= 0.6 is 0 Å². The first kappa shape index (κ1) is 4.69. The Balaban J connectivity index is 1.90. The molecule has 3 unspecified atom stereocenters. The molecule has 2 N–H and O–H groups in total. The van der Waals surface area contributed by atoms with Crippen LogP contribution in [0, 0.1) is 11.8 Å². The molecule has 2 nitrogen and oxygen atoms in total. The molecule has 50 valence electrons. The summed E-state index contributed by atoms with van der Waals surface area (Å²) in [6.45, 7) is 3.80. The summed E-state index contributed by atoms with van der Waals surface area (Å²) in [5.41, 5.74) is 0.672. The number of piperidine rings is 1. The second-order valence-electron chi connectivity index (χ2n) is 3.68. The minimum absolute atomic E-state index is 0.672. The maximum Gasteiger partial charge on any atom is 0.0278 e. The summed E-state index contributed by atoms with van der Waals surface area (Å²) >= 11 is 0. The molecular formula is C7H12N2. The number of hydrogen-bond donors (Lipinski definition) is 2. The van der Waals surface area contributed by atoms with Gasteiger partial charge in [-0.3, -0.25) is 0 Å². The van der Waals surface area contributed by atoms with E-state index in [2.05, 4.69) is 10.6 Å². The van der Waals surface area contributed by atoms with Crippen LogP contribution in [0.3, 0.4) is 0 Å². The predicted molar refractivity (Wildman–Crippen MR) is 35.2 cm³/mol. The van der Waals surface area contributed by atoms with E-state index in [4.69, 9.17) is 0 Å². The van der Waals surface area contributed by atoms with Crippen LogP contribution in [0.15, 0.2) is 0 Å². The van der Waals surface area contributed by atoms with Gasteiger partial charge in [0.05, 0.1) is 0 Å². The predicted octanol–water partition coefficient (Wildman–Crippen LogP) is -0.432. The lowest BCUT2D eigenvalue weighted by molar-refractivity contribution is 0.159. The first-order valence-electron chi connectivity index (χ1n) is 3.87. The van der Waals surface area contributed by atoms with E-state index in [0.717, 1.165) is 11.8 Å². The summed E-state index contributed by atoms with van der Waals surface area (Å²) in [5, 5.41) is 7.02. The van der Waals surface area contributed by atoms with Crippen molar-refractivity contribution < 1.29 is 0 Å². The second-order valence-corrected chi connectivity index (χ2v) is 3.68. The molecule has 9 heavy (non-hydrogen) atoms. The summed E-state index contributed by atoms with van der Waals surface area (Å²) in [4.78, 5) is 0. The van der Waals surface area contributed by atoms with E-state index >= 15 is 0 Å². The van der Waals surface area contributed by atoms with Gasteiger partial charge >= 0.3 is 0 Å². The lowest BCUT2D eigenvalue weighted by Gasteiger charge is -2.43. The van der Waals surface area contributed by atoms with E-state index in [1.54, 1.807) is 0 Å². The molecule has 0 aromatic carbocycles. The average molecular weight is 124 g/mol. The van der Waals surface area contributed by atoms with Crippen molar-refractivity contribution >= 4 is 0 Å². The van der Waals surface area contributed by atoms with Gasteiger partial charge in [0.2, 0.25) is 0 Å². The summed E-state index contributed by atoms with van der Waals surface area (Å²) in [6.07, 6.45) is 1.45. The summed E-state index contributed by atoms with van der Waals surface area (Å²) in [6, 6.07) is 0. The van der Waals surface area contributed by atoms with E-state index in [-0.39, 0.29) is 0 Å². The van der Waals surface area contributed by atoms with Crippen LogP contribution in [0.25, 0.3) is 0 Å². The monoisotopic (exact) mass is 124 g/mol. The van der Waals surface area contributed by atoms with Gasteiger partial charge in [0.15, 0.2) is 0 Å². The molecule has 0 aromatic rings. The van der Waals surface area contributed by atoms with Crippen molar-refractivity contribution in [3.05, 3.63) is 0 Å². The van der Waals surface area contributed by atoms with Crippen molar-refractivity contribution in [3.8, 4) is 0 Å². The topological polar surface area (TPSA) is 24.1 Å².